The minimum absolute atomic E-state index is 0.0296. The van der Waals surface area contributed by atoms with Crippen LogP contribution in [0.5, 0.6) is 0 Å². The number of amides is 1. The van der Waals surface area contributed by atoms with E-state index in [4.69, 9.17) is 21.7 Å². The topological polar surface area (TPSA) is 130 Å². The molecule has 35 heavy (non-hydrogen) atoms. The standard InChI is InChI=1S/C25H35N9O/c1-16-14-34-23(28-24(16)32-12-10-20(26)15-32)13-21(30-34)22-5-3-4-11-33(22)25(35)19-8-6-18(7-9-19)17(2)29-31-27/h6-9,13-14,17,20,22,29,31H,3-5,10-12,15,26-27H2,1-2H3/t17?,20-,22-/m0/s1. The molecule has 2 aliphatic rings. The van der Waals surface area contributed by atoms with E-state index >= 15 is 0 Å². The van der Waals surface area contributed by atoms with Crippen LogP contribution in [0, 0.1) is 6.92 Å². The minimum Gasteiger partial charge on any atom is -0.355 e. The van der Waals surface area contributed by atoms with Gasteiger partial charge in [0.25, 0.3) is 5.91 Å². The summed E-state index contributed by atoms with van der Waals surface area (Å²) in [7, 11) is 0. The third-order valence-corrected chi connectivity index (χ3v) is 7.21. The maximum atomic E-state index is 13.5. The number of carbonyl (C=O) groups is 1. The Morgan fingerprint density at radius 1 is 1.17 bits per heavy atom. The van der Waals surface area contributed by atoms with Crippen LogP contribution in [0.1, 0.15) is 71.9 Å². The number of hydrogen-bond donors (Lipinski definition) is 4. The lowest BCUT2D eigenvalue weighted by Gasteiger charge is -2.34. The Balaban J connectivity index is 1.40. The molecule has 2 fully saturated rings. The smallest absolute Gasteiger partial charge is 0.254 e. The Morgan fingerprint density at radius 3 is 2.69 bits per heavy atom. The summed E-state index contributed by atoms with van der Waals surface area (Å²) in [6, 6.07) is 9.89. The molecule has 2 saturated heterocycles. The number of nitrogens with two attached hydrogens (primary N) is 2. The number of rotatable bonds is 6. The Kier molecular flexibility index (Phi) is 6.70. The molecule has 2 aliphatic heterocycles. The van der Waals surface area contributed by atoms with Crippen LogP contribution in [-0.4, -0.2) is 51.1 Å². The van der Waals surface area contributed by atoms with Crippen LogP contribution >= 0.6 is 0 Å². The molecule has 6 N–H and O–H groups in total. The van der Waals surface area contributed by atoms with Gasteiger partial charge in [0.2, 0.25) is 0 Å². The van der Waals surface area contributed by atoms with Crippen molar-refractivity contribution in [2.75, 3.05) is 24.5 Å². The van der Waals surface area contributed by atoms with Crippen LogP contribution in [-0.2, 0) is 0 Å². The van der Waals surface area contributed by atoms with Gasteiger partial charge in [0, 0.05) is 55.1 Å². The average molecular weight is 478 g/mol. The molecule has 3 aromatic rings. The van der Waals surface area contributed by atoms with E-state index in [1.54, 1.807) is 0 Å². The number of nitrogens with one attached hydrogen (secondary N) is 2. The van der Waals surface area contributed by atoms with E-state index in [1.165, 1.54) is 0 Å². The van der Waals surface area contributed by atoms with Crippen molar-refractivity contribution >= 4 is 17.4 Å². The summed E-state index contributed by atoms with van der Waals surface area (Å²) in [4.78, 5) is 22.7. The fraction of sp³-hybridized carbons (Fsp3) is 0.480. The second-order valence-electron chi connectivity index (χ2n) is 9.76. The number of likely N-dealkylation sites (tertiary alicyclic amines) is 1. The first-order chi connectivity index (χ1) is 16.9. The Bertz CT molecular complexity index is 1190. The SMILES string of the molecule is Cc1cn2nc([C@@H]3CCCCN3C(=O)c3ccc(C(C)NNN)cc3)cc2nc1N1CC[C@H](N)C1. The molecule has 5 rings (SSSR count). The number of anilines is 1. The molecule has 1 unspecified atom stereocenters. The number of hydrogen-bond acceptors (Lipinski definition) is 8. The summed E-state index contributed by atoms with van der Waals surface area (Å²) in [5.74, 6) is 6.36. The molecule has 186 valence electrons. The second kappa shape index (κ2) is 9.90. The van der Waals surface area contributed by atoms with Crippen molar-refractivity contribution in [3.05, 3.63) is 58.9 Å². The summed E-state index contributed by atoms with van der Waals surface area (Å²) >= 11 is 0. The Labute approximate surface area is 205 Å². The van der Waals surface area contributed by atoms with Crippen molar-refractivity contribution in [2.24, 2.45) is 11.6 Å². The number of piperidine rings is 1. The number of fused-ring (bicyclic) bond motifs is 1. The zero-order chi connectivity index (χ0) is 24.5. The molecule has 10 heteroatoms. The fourth-order valence-corrected chi connectivity index (χ4v) is 5.25. The molecule has 0 radical (unpaired) electrons. The molecular weight excluding hydrogens is 442 g/mol. The zero-order valence-electron chi connectivity index (χ0n) is 20.4. The quantitative estimate of drug-likeness (QED) is 0.313. The molecule has 3 atom stereocenters. The predicted molar refractivity (Wildman–Crippen MR) is 135 cm³/mol. The minimum atomic E-state index is -0.0661. The summed E-state index contributed by atoms with van der Waals surface area (Å²) in [6.07, 6.45) is 5.97. The maximum absolute atomic E-state index is 13.5. The van der Waals surface area contributed by atoms with Crippen LogP contribution in [0.15, 0.2) is 36.5 Å². The van der Waals surface area contributed by atoms with Crippen LogP contribution < -0.4 is 27.4 Å². The van der Waals surface area contributed by atoms with Crippen LogP contribution in [0.25, 0.3) is 5.65 Å². The van der Waals surface area contributed by atoms with E-state index < -0.39 is 0 Å². The highest BCUT2D eigenvalue weighted by Crippen LogP contribution is 2.33. The van der Waals surface area contributed by atoms with Crippen molar-refractivity contribution in [3.8, 4) is 0 Å². The Hall–Kier alpha value is -3.05. The molecule has 1 aromatic carbocycles. The number of carbonyl (C=O) groups excluding carboxylic acids is 1. The first-order valence-electron chi connectivity index (χ1n) is 12.4. The first kappa shape index (κ1) is 23.7. The van der Waals surface area contributed by atoms with Crippen molar-refractivity contribution < 1.29 is 4.79 Å². The van der Waals surface area contributed by atoms with Gasteiger partial charge in [-0.25, -0.2) is 14.9 Å². The predicted octanol–water partition coefficient (Wildman–Crippen LogP) is 1.97. The molecule has 4 heterocycles. The van der Waals surface area contributed by atoms with Crippen LogP contribution in [0.2, 0.25) is 0 Å². The van der Waals surface area contributed by atoms with Gasteiger partial charge in [-0.05, 0) is 57.2 Å². The van der Waals surface area contributed by atoms with Gasteiger partial charge in [-0.3, -0.25) is 10.6 Å². The third-order valence-electron chi connectivity index (χ3n) is 7.21. The fourth-order valence-electron chi connectivity index (χ4n) is 5.25. The van der Waals surface area contributed by atoms with Gasteiger partial charge in [0.1, 0.15) is 5.82 Å². The molecular formula is C25H35N9O. The second-order valence-corrected chi connectivity index (χ2v) is 9.76. The lowest BCUT2D eigenvalue weighted by atomic mass is 9.97. The summed E-state index contributed by atoms with van der Waals surface area (Å²) in [5.41, 5.74) is 16.0. The molecule has 10 nitrogen and oxygen atoms in total. The van der Waals surface area contributed by atoms with Gasteiger partial charge >= 0.3 is 0 Å². The van der Waals surface area contributed by atoms with E-state index in [9.17, 15) is 4.79 Å². The summed E-state index contributed by atoms with van der Waals surface area (Å²) in [5, 5.41) is 4.85. The van der Waals surface area contributed by atoms with Crippen molar-refractivity contribution in [1.29, 1.82) is 0 Å². The number of hydrazine groups is 2. The molecule has 1 amide bonds. The van der Waals surface area contributed by atoms with Crippen molar-refractivity contribution in [1.82, 2.24) is 30.5 Å². The third kappa shape index (κ3) is 4.74. The van der Waals surface area contributed by atoms with E-state index in [0.29, 0.717) is 5.56 Å². The number of nitrogens with zero attached hydrogens (tertiary/aromatic N) is 5. The van der Waals surface area contributed by atoms with E-state index in [2.05, 4.69) is 22.8 Å². The zero-order valence-corrected chi connectivity index (χ0v) is 20.4. The van der Waals surface area contributed by atoms with Gasteiger partial charge in [-0.2, -0.15) is 10.6 Å². The Morgan fingerprint density at radius 2 is 1.97 bits per heavy atom. The van der Waals surface area contributed by atoms with Crippen LogP contribution in [0.4, 0.5) is 5.82 Å². The van der Waals surface area contributed by atoms with Gasteiger partial charge in [-0.1, -0.05) is 12.1 Å². The molecule has 0 spiro atoms. The van der Waals surface area contributed by atoms with Gasteiger partial charge in [0.15, 0.2) is 5.65 Å². The molecule has 0 aliphatic carbocycles. The highest BCUT2D eigenvalue weighted by molar-refractivity contribution is 5.94. The lowest BCUT2D eigenvalue weighted by Crippen LogP contribution is -2.39. The first-order valence-corrected chi connectivity index (χ1v) is 12.4. The van der Waals surface area contributed by atoms with Gasteiger partial charge in [0.05, 0.1) is 11.7 Å². The van der Waals surface area contributed by atoms with Crippen LogP contribution in [0.3, 0.4) is 0 Å². The maximum Gasteiger partial charge on any atom is 0.254 e. The van der Waals surface area contributed by atoms with Crippen molar-refractivity contribution in [2.45, 2.75) is 57.7 Å². The highest BCUT2D eigenvalue weighted by Gasteiger charge is 2.31. The average Bonchev–Trinajstić information content (AvgIpc) is 3.49. The van der Waals surface area contributed by atoms with Gasteiger partial charge in [-0.15, -0.1) is 0 Å². The largest absolute Gasteiger partial charge is 0.355 e. The molecule has 2 aromatic heterocycles. The highest BCUT2D eigenvalue weighted by atomic mass is 16.2. The number of benzene rings is 1. The normalized spacial score (nSPS) is 21.6. The number of aromatic nitrogens is 3. The molecule has 0 saturated carbocycles. The van der Waals surface area contributed by atoms with E-state index in [-0.39, 0.29) is 24.0 Å². The molecule has 0 bridgehead atoms. The van der Waals surface area contributed by atoms with E-state index in [1.807, 2.05) is 52.9 Å². The summed E-state index contributed by atoms with van der Waals surface area (Å²) < 4.78 is 1.84. The lowest BCUT2D eigenvalue weighted by molar-refractivity contribution is 0.0605. The van der Waals surface area contributed by atoms with Crippen molar-refractivity contribution in [3.63, 3.8) is 0 Å². The van der Waals surface area contributed by atoms with E-state index in [0.717, 1.165) is 73.6 Å². The summed E-state index contributed by atoms with van der Waals surface area (Å²) in [6.45, 7) is 6.53. The monoisotopic (exact) mass is 477 g/mol. The number of aryl methyl sites for hydroxylation is 1. The van der Waals surface area contributed by atoms with Gasteiger partial charge < -0.3 is 15.5 Å².